The summed E-state index contributed by atoms with van der Waals surface area (Å²) in [5, 5.41) is 0. The molecule has 7 nitrogen and oxygen atoms in total. The Bertz CT molecular complexity index is 1100. The molecule has 162 valence electrons. The van der Waals surface area contributed by atoms with Crippen molar-refractivity contribution < 1.29 is 4.79 Å². The summed E-state index contributed by atoms with van der Waals surface area (Å²) in [4.78, 5) is 31.6. The van der Waals surface area contributed by atoms with E-state index in [1.807, 2.05) is 24.0 Å². The van der Waals surface area contributed by atoms with Gasteiger partial charge in [-0.1, -0.05) is 12.1 Å². The molecule has 0 N–H and O–H groups in total. The number of hydrogen-bond donors (Lipinski definition) is 0. The molecule has 0 radical (unpaired) electrons. The highest BCUT2D eigenvalue weighted by atomic mass is 16.2. The number of carbonyl (C=O) groups excluding carboxylic acids is 1. The third-order valence-electron chi connectivity index (χ3n) is 6.73. The van der Waals surface area contributed by atoms with Crippen LogP contribution in [0.15, 0.2) is 30.5 Å². The van der Waals surface area contributed by atoms with Crippen molar-refractivity contribution in [3.63, 3.8) is 0 Å². The molecule has 0 bridgehead atoms. The molecule has 31 heavy (non-hydrogen) atoms. The second kappa shape index (κ2) is 8.29. The highest BCUT2D eigenvalue weighted by molar-refractivity contribution is 5.95. The number of piperidine rings is 2. The Hall–Kier alpha value is -2.96. The first-order chi connectivity index (χ1) is 15.1. The molecule has 0 aliphatic carbocycles. The van der Waals surface area contributed by atoms with Gasteiger partial charge < -0.3 is 14.4 Å². The minimum atomic E-state index is 0.0335. The fourth-order valence-corrected chi connectivity index (χ4v) is 4.98. The molecule has 2 aromatic heterocycles. The Balaban J connectivity index is 1.35. The SMILES string of the molecule is Cc1nc(N2CCCCC2)ncc1C(=O)N1CCC[C@H](c2nc3ccccc3n2C)C1. The molecule has 7 heteroatoms. The van der Waals surface area contributed by atoms with Crippen LogP contribution in [0.1, 0.15) is 59.9 Å². The Morgan fingerprint density at radius 1 is 1.03 bits per heavy atom. The number of hydrogen-bond acceptors (Lipinski definition) is 5. The number of aryl methyl sites for hydroxylation is 2. The zero-order valence-electron chi connectivity index (χ0n) is 18.4. The number of fused-ring (bicyclic) bond motifs is 1. The lowest BCUT2D eigenvalue weighted by Gasteiger charge is -2.33. The van der Waals surface area contributed by atoms with E-state index in [0.717, 1.165) is 61.0 Å². The van der Waals surface area contributed by atoms with Crippen molar-refractivity contribution in [3.8, 4) is 0 Å². The van der Waals surface area contributed by atoms with E-state index in [2.05, 4.69) is 38.6 Å². The average molecular weight is 419 g/mol. The summed E-state index contributed by atoms with van der Waals surface area (Å²) in [6.07, 6.45) is 7.39. The zero-order valence-corrected chi connectivity index (χ0v) is 18.4. The quantitative estimate of drug-likeness (QED) is 0.649. The summed E-state index contributed by atoms with van der Waals surface area (Å²) in [6.45, 7) is 5.38. The number of carbonyl (C=O) groups is 1. The van der Waals surface area contributed by atoms with E-state index in [1.54, 1.807) is 6.20 Å². The lowest BCUT2D eigenvalue weighted by atomic mass is 9.96. The van der Waals surface area contributed by atoms with E-state index in [1.165, 1.54) is 19.3 Å². The van der Waals surface area contributed by atoms with Crippen LogP contribution in [-0.2, 0) is 7.05 Å². The number of nitrogens with zero attached hydrogens (tertiary/aromatic N) is 6. The van der Waals surface area contributed by atoms with E-state index >= 15 is 0 Å². The predicted octanol–water partition coefficient (Wildman–Crippen LogP) is 3.68. The van der Waals surface area contributed by atoms with Crippen molar-refractivity contribution in [3.05, 3.63) is 47.5 Å². The lowest BCUT2D eigenvalue weighted by molar-refractivity contribution is 0.0702. The lowest BCUT2D eigenvalue weighted by Crippen LogP contribution is -2.40. The molecule has 2 aliphatic heterocycles. The highest BCUT2D eigenvalue weighted by Gasteiger charge is 2.29. The van der Waals surface area contributed by atoms with Gasteiger partial charge in [-0.3, -0.25) is 4.79 Å². The van der Waals surface area contributed by atoms with Gasteiger partial charge in [-0.15, -0.1) is 0 Å². The number of amides is 1. The van der Waals surface area contributed by atoms with E-state index in [-0.39, 0.29) is 11.8 Å². The maximum atomic E-state index is 13.3. The van der Waals surface area contributed by atoms with Gasteiger partial charge in [-0.25, -0.2) is 15.0 Å². The Morgan fingerprint density at radius 3 is 2.61 bits per heavy atom. The van der Waals surface area contributed by atoms with Gasteiger partial charge in [0.25, 0.3) is 5.91 Å². The number of imidazole rings is 1. The van der Waals surface area contributed by atoms with Gasteiger partial charge >= 0.3 is 0 Å². The van der Waals surface area contributed by atoms with Gasteiger partial charge in [0.15, 0.2) is 0 Å². The van der Waals surface area contributed by atoms with Crippen LogP contribution in [-0.4, -0.2) is 56.5 Å². The fourth-order valence-electron chi connectivity index (χ4n) is 4.98. The third kappa shape index (κ3) is 3.77. The topological polar surface area (TPSA) is 67.2 Å². The van der Waals surface area contributed by atoms with Crippen molar-refractivity contribution in [2.24, 2.45) is 7.05 Å². The summed E-state index contributed by atoms with van der Waals surface area (Å²) < 4.78 is 2.18. The van der Waals surface area contributed by atoms with Gasteiger partial charge in [0.1, 0.15) is 5.82 Å². The van der Waals surface area contributed by atoms with Crippen molar-refractivity contribution in [1.29, 1.82) is 0 Å². The summed E-state index contributed by atoms with van der Waals surface area (Å²) in [7, 11) is 2.07. The Labute approximate surface area is 183 Å². The van der Waals surface area contributed by atoms with Crippen LogP contribution in [0.25, 0.3) is 11.0 Å². The molecule has 1 atom stereocenters. The highest BCUT2D eigenvalue weighted by Crippen LogP contribution is 2.29. The second-order valence-electron chi connectivity index (χ2n) is 8.82. The normalized spacial score (nSPS) is 19.7. The molecule has 3 aromatic rings. The van der Waals surface area contributed by atoms with Gasteiger partial charge in [-0.2, -0.15) is 0 Å². The largest absolute Gasteiger partial charge is 0.341 e. The van der Waals surface area contributed by atoms with Gasteiger partial charge in [0.05, 0.1) is 22.3 Å². The zero-order chi connectivity index (χ0) is 21.4. The Morgan fingerprint density at radius 2 is 1.84 bits per heavy atom. The summed E-state index contributed by atoms with van der Waals surface area (Å²) in [6, 6.07) is 8.21. The molecular formula is C24H30N6O. The van der Waals surface area contributed by atoms with Gasteiger partial charge in [0.2, 0.25) is 5.95 Å². The molecule has 2 fully saturated rings. The second-order valence-corrected chi connectivity index (χ2v) is 8.82. The van der Waals surface area contributed by atoms with Crippen molar-refractivity contribution in [2.75, 3.05) is 31.1 Å². The van der Waals surface area contributed by atoms with Crippen LogP contribution in [0, 0.1) is 6.92 Å². The third-order valence-corrected chi connectivity index (χ3v) is 6.73. The molecule has 0 saturated carbocycles. The van der Waals surface area contributed by atoms with E-state index in [4.69, 9.17) is 4.98 Å². The number of aromatic nitrogens is 4. The number of benzene rings is 1. The van der Waals surface area contributed by atoms with Crippen LogP contribution in [0.5, 0.6) is 0 Å². The molecule has 2 aliphatic rings. The first-order valence-corrected chi connectivity index (χ1v) is 11.4. The van der Waals surface area contributed by atoms with E-state index in [0.29, 0.717) is 12.1 Å². The molecule has 1 aromatic carbocycles. The number of likely N-dealkylation sites (tertiary alicyclic amines) is 1. The fraction of sp³-hybridized carbons (Fsp3) is 0.500. The van der Waals surface area contributed by atoms with Crippen LogP contribution in [0.3, 0.4) is 0 Å². The van der Waals surface area contributed by atoms with Crippen LogP contribution in [0.4, 0.5) is 5.95 Å². The molecular weight excluding hydrogens is 388 g/mol. The first-order valence-electron chi connectivity index (χ1n) is 11.4. The van der Waals surface area contributed by atoms with E-state index < -0.39 is 0 Å². The van der Waals surface area contributed by atoms with Gasteiger partial charge in [-0.05, 0) is 51.2 Å². The van der Waals surface area contributed by atoms with Crippen molar-refractivity contribution >= 4 is 22.9 Å². The van der Waals surface area contributed by atoms with Crippen molar-refractivity contribution in [1.82, 2.24) is 24.4 Å². The first kappa shape index (κ1) is 20.0. The van der Waals surface area contributed by atoms with Crippen LogP contribution in [0.2, 0.25) is 0 Å². The number of para-hydroxylation sites is 2. The summed E-state index contributed by atoms with van der Waals surface area (Å²) in [5.41, 5.74) is 3.54. The molecule has 4 heterocycles. The molecule has 5 rings (SSSR count). The van der Waals surface area contributed by atoms with Crippen LogP contribution < -0.4 is 4.90 Å². The average Bonchev–Trinajstić information content (AvgIpc) is 3.16. The summed E-state index contributed by atoms with van der Waals surface area (Å²) >= 11 is 0. The standard InChI is InChI=1S/C24H30N6O/c1-17-19(15-25-24(26-17)29-12-6-3-7-13-29)23(31)30-14-8-9-18(16-30)22-27-20-10-4-5-11-21(20)28(22)2/h4-5,10-11,15,18H,3,6-9,12-14,16H2,1-2H3/t18-/m0/s1. The maximum Gasteiger partial charge on any atom is 0.257 e. The minimum absolute atomic E-state index is 0.0335. The monoisotopic (exact) mass is 418 g/mol. The predicted molar refractivity (Wildman–Crippen MR) is 121 cm³/mol. The van der Waals surface area contributed by atoms with E-state index in [9.17, 15) is 4.79 Å². The summed E-state index contributed by atoms with van der Waals surface area (Å²) in [5.74, 6) is 2.09. The number of anilines is 1. The van der Waals surface area contributed by atoms with Crippen LogP contribution >= 0.6 is 0 Å². The smallest absolute Gasteiger partial charge is 0.257 e. The van der Waals surface area contributed by atoms with Crippen molar-refractivity contribution in [2.45, 2.75) is 44.9 Å². The molecule has 0 unspecified atom stereocenters. The molecule has 0 spiro atoms. The minimum Gasteiger partial charge on any atom is -0.341 e. The maximum absolute atomic E-state index is 13.3. The molecule has 1 amide bonds. The molecule has 2 saturated heterocycles. The van der Waals surface area contributed by atoms with Gasteiger partial charge in [0, 0.05) is 45.3 Å². The Kier molecular flexibility index (Phi) is 5.34. The number of rotatable bonds is 3.